The molecule has 0 fully saturated rings. The minimum atomic E-state index is -0.163. The summed E-state index contributed by atoms with van der Waals surface area (Å²) in [5, 5.41) is 11.8. The SMILES string of the molecule is C[C@@H](NC(=O)c1cc2n(n1)CCN(C)C2)c1ccccc1-n1cccn1. The number of nitrogens with one attached hydrogen (secondary N) is 1. The number of carbonyl (C=O) groups is 1. The lowest BCUT2D eigenvalue weighted by Crippen LogP contribution is -2.30. The number of carbonyl (C=O) groups excluding carboxylic acids is 1. The van der Waals surface area contributed by atoms with E-state index in [9.17, 15) is 4.79 Å². The molecule has 1 aliphatic rings. The second-order valence-corrected chi connectivity index (χ2v) is 6.69. The first kappa shape index (κ1) is 16.5. The lowest BCUT2D eigenvalue weighted by molar-refractivity contribution is 0.0934. The van der Waals surface area contributed by atoms with Crippen LogP contribution in [-0.2, 0) is 13.1 Å². The van der Waals surface area contributed by atoms with Gasteiger partial charge in [-0.3, -0.25) is 14.4 Å². The summed E-state index contributed by atoms with van der Waals surface area (Å²) in [7, 11) is 2.07. The summed E-state index contributed by atoms with van der Waals surface area (Å²) in [5.41, 5.74) is 3.51. The summed E-state index contributed by atoms with van der Waals surface area (Å²) in [6.07, 6.45) is 3.64. The highest BCUT2D eigenvalue weighted by Crippen LogP contribution is 2.21. The number of fused-ring (bicyclic) bond motifs is 1. The Bertz CT molecular complexity index is 914. The first-order valence-corrected chi connectivity index (χ1v) is 8.77. The van der Waals surface area contributed by atoms with Crippen LogP contribution in [-0.4, -0.2) is 44.0 Å². The predicted molar refractivity (Wildman–Crippen MR) is 98.0 cm³/mol. The molecule has 7 heteroatoms. The van der Waals surface area contributed by atoms with Crippen molar-refractivity contribution in [1.29, 1.82) is 0 Å². The summed E-state index contributed by atoms with van der Waals surface area (Å²) < 4.78 is 3.74. The fraction of sp³-hybridized carbons (Fsp3) is 0.316. The molecular weight excluding hydrogens is 328 g/mol. The standard InChI is InChI=1S/C19H22N6O/c1-14(16-6-3-4-7-18(16)25-9-5-8-20-25)21-19(26)17-12-15-13-23(2)10-11-24(15)22-17/h3-9,12,14H,10-11,13H2,1-2H3,(H,21,26)/t14-/m1/s1. The van der Waals surface area contributed by atoms with Gasteiger partial charge in [-0.05, 0) is 37.7 Å². The highest BCUT2D eigenvalue weighted by molar-refractivity contribution is 5.92. The summed E-state index contributed by atoms with van der Waals surface area (Å²) in [6.45, 7) is 4.56. The molecule has 0 saturated heterocycles. The van der Waals surface area contributed by atoms with Crippen molar-refractivity contribution in [2.75, 3.05) is 13.6 Å². The van der Waals surface area contributed by atoms with E-state index in [-0.39, 0.29) is 11.9 Å². The van der Waals surface area contributed by atoms with E-state index in [1.807, 2.05) is 58.9 Å². The number of para-hydroxylation sites is 1. The smallest absolute Gasteiger partial charge is 0.272 e. The molecule has 1 amide bonds. The number of rotatable bonds is 4. The third-order valence-corrected chi connectivity index (χ3v) is 4.72. The topological polar surface area (TPSA) is 68.0 Å². The normalized spacial score (nSPS) is 15.5. The Morgan fingerprint density at radius 2 is 2.08 bits per heavy atom. The molecule has 2 aromatic heterocycles. The van der Waals surface area contributed by atoms with Crippen LogP contribution >= 0.6 is 0 Å². The fourth-order valence-corrected chi connectivity index (χ4v) is 3.33. The Morgan fingerprint density at radius 3 is 2.88 bits per heavy atom. The second kappa shape index (κ2) is 6.76. The molecular formula is C19H22N6O. The van der Waals surface area contributed by atoms with E-state index < -0.39 is 0 Å². The van der Waals surface area contributed by atoms with Gasteiger partial charge in [0.15, 0.2) is 5.69 Å². The molecule has 1 N–H and O–H groups in total. The van der Waals surface area contributed by atoms with Crippen molar-refractivity contribution < 1.29 is 4.79 Å². The van der Waals surface area contributed by atoms with Crippen LogP contribution in [0.2, 0.25) is 0 Å². The summed E-state index contributed by atoms with van der Waals surface area (Å²) in [6, 6.07) is 11.5. The summed E-state index contributed by atoms with van der Waals surface area (Å²) in [4.78, 5) is 14.9. The fourth-order valence-electron chi connectivity index (χ4n) is 3.33. The zero-order chi connectivity index (χ0) is 18.1. The average molecular weight is 350 g/mol. The maximum atomic E-state index is 12.7. The number of nitrogens with zero attached hydrogens (tertiary/aromatic N) is 5. The number of aromatic nitrogens is 4. The molecule has 0 unspecified atom stereocenters. The number of likely N-dealkylation sites (N-methyl/N-ethyl adjacent to an activating group) is 1. The molecule has 134 valence electrons. The van der Waals surface area contributed by atoms with Gasteiger partial charge in [0.2, 0.25) is 0 Å². The number of hydrogen-bond acceptors (Lipinski definition) is 4. The van der Waals surface area contributed by atoms with Gasteiger partial charge in [-0.25, -0.2) is 4.68 Å². The molecule has 1 aliphatic heterocycles. The predicted octanol–water partition coefficient (Wildman–Crippen LogP) is 2.01. The van der Waals surface area contributed by atoms with E-state index in [1.165, 1.54) is 0 Å². The monoisotopic (exact) mass is 350 g/mol. The first-order valence-electron chi connectivity index (χ1n) is 8.77. The Labute approximate surface area is 152 Å². The number of benzene rings is 1. The molecule has 7 nitrogen and oxygen atoms in total. The molecule has 0 spiro atoms. The van der Waals surface area contributed by atoms with Gasteiger partial charge in [-0.1, -0.05) is 18.2 Å². The van der Waals surface area contributed by atoms with Gasteiger partial charge < -0.3 is 5.32 Å². The second-order valence-electron chi connectivity index (χ2n) is 6.69. The lowest BCUT2D eigenvalue weighted by Gasteiger charge is -2.22. The maximum Gasteiger partial charge on any atom is 0.272 e. The highest BCUT2D eigenvalue weighted by Gasteiger charge is 2.21. The Balaban J connectivity index is 1.54. The van der Waals surface area contributed by atoms with Gasteiger partial charge in [0.1, 0.15) is 0 Å². The van der Waals surface area contributed by atoms with Crippen LogP contribution in [0.5, 0.6) is 0 Å². The summed E-state index contributed by atoms with van der Waals surface area (Å²) in [5.74, 6) is -0.155. The van der Waals surface area contributed by atoms with Gasteiger partial charge in [-0.15, -0.1) is 0 Å². The van der Waals surface area contributed by atoms with E-state index in [0.717, 1.165) is 36.6 Å². The third-order valence-electron chi connectivity index (χ3n) is 4.72. The lowest BCUT2D eigenvalue weighted by atomic mass is 10.1. The average Bonchev–Trinajstić information content (AvgIpc) is 3.31. The Kier molecular flexibility index (Phi) is 4.30. The van der Waals surface area contributed by atoms with Crippen LogP contribution in [0.25, 0.3) is 5.69 Å². The molecule has 0 aliphatic carbocycles. The van der Waals surface area contributed by atoms with E-state index >= 15 is 0 Å². The molecule has 0 radical (unpaired) electrons. The quantitative estimate of drug-likeness (QED) is 0.781. The van der Waals surface area contributed by atoms with Crippen LogP contribution in [0.1, 0.15) is 34.7 Å². The molecule has 26 heavy (non-hydrogen) atoms. The highest BCUT2D eigenvalue weighted by atomic mass is 16.2. The van der Waals surface area contributed by atoms with Crippen LogP contribution in [0.4, 0.5) is 0 Å². The van der Waals surface area contributed by atoms with E-state index in [1.54, 1.807) is 6.20 Å². The van der Waals surface area contributed by atoms with Crippen molar-refractivity contribution in [2.24, 2.45) is 0 Å². The van der Waals surface area contributed by atoms with Crippen molar-refractivity contribution >= 4 is 5.91 Å². The van der Waals surface area contributed by atoms with Crippen molar-refractivity contribution in [3.63, 3.8) is 0 Å². The third kappa shape index (κ3) is 3.13. The minimum absolute atomic E-state index is 0.155. The first-order chi connectivity index (χ1) is 12.6. The molecule has 1 aromatic carbocycles. The molecule has 3 heterocycles. The molecule has 4 rings (SSSR count). The van der Waals surface area contributed by atoms with Gasteiger partial charge in [-0.2, -0.15) is 10.2 Å². The Morgan fingerprint density at radius 1 is 1.23 bits per heavy atom. The van der Waals surface area contributed by atoms with Crippen LogP contribution in [0.15, 0.2) is 48.8 Å². The van der Waals surface area contributed by atoms with Gasteiger partial charge >= 0.3 is 0 Å². The zero-order valence-electron chi connectivity index (χ0n) is 15.0. The van der Waals surface area contributed by atoms with E-state index in [2.05, 4.69) is 27.5 Å². The van der Waals surface area contributed by atoms with Crippen molar-refractivity contribution in [1.82, 2.24) is 29.8 Å². The Hall–Kier alpha value is -2.93. The van der Waals surface area contributed by atoms with Crippen molar-refractivity contribution in [2.45, 2.75) is 26.1 Å². The van der Waals surface area contributed by atoms with E-state index in [4.69, 9.17) is 0 Å². The molecule has 1 atom stereocenters. The van der Waals surface area contributed by atoms with Gasteiger partial charge in [0.25, 0.3) is 5.91 Å². The number of hydrogen-bond donors (Lipinski definition) is 1. The largest absolute Gasteiger partial charge is 0.344 e. The van der Waals surface area contributed by atoms with E-state index in [0.29, 0.717) is 5.69 Å². The molecule has 0 bridgehead atoms. The molecule has 0 saturated carbocycles. The van der Waals surface area contributed by atoms with Crippen LogP contribution in [0, 0.1) is 0 Å². The minimum Gasteiger partial charge on any atom is -0.344 e. The van der Waals surface area contributed by atoms with Gasteiger partial charge in [0.05, 0.1) is 24.0 Å². The van der Waals surface area contributed by atoms with Crippen molar-refractivity contribution in [3.8, 4) is 5.69 Å². The summed E-state index contributed by atoms with van der Waals surface area (Å²) >= 11 is 0. The number of amides is 1. The molecule has 3 aromatic rings. The van der Waals surface area contributed by atoms with Gasteiger partial charge in [0, 0.05) is 25.5 Å². The van der Waals surface area contributed by atoms with Crippen LogP contribution < -0.4 is 5.32 Å². The maximum absolute atomic E-state index is 12.7. The zero-order valence-corrected chi connectivity index (χ0v) is 15.0. The van der Waals surface area contributed by atoms with Crippen LogP contribution in [0.3, 0.4) is 0 Å². The van der Waals surface area contributed by atoms with Crippen molar-refractivity contribution in [3.05, 3.63) is 65.7 Å².